The van der Waals surface area contributed by atoms with Crippen molar-refractivity contribution < 1.29 is 9.47 Å². The summed E-state index contributed by atoms with van der Waals surface area (Å²) in [7, 11) is 5.67. The van der Waals surface area contributed by atoms with Gasteiger partial charge in [-0.1, -0.05) is 6.07 Å². The third-order valence-electron chi connectivity index (χ3n) is 4.13. The zero-order chi connectivity index (χ0) is 17.2. The van der Waals surface area contributed by atoms with Crippen LogP contribution < -0.4 is 15.4 Å². The number of likely N-dealkylation sites (tertiary alicyclic amines) is 1. The van der Waals surface area contributed by atoms with Crippen LogP contribution in [0, 0.1) is 5.92 Å². The Morgan fingerprint density at radius 2 is 2.25 bits per heavy atom. The largest absolute Gasteiger partial charge is 0.493 e. The molecule has 1 aliphatic rings. The molecule has 1 saturated heterocycles. The number of methoxy groups -OCH3 is 1. The summed E-state index contributed by atoms with van der Waals surface area (Å²) < 4.78 is 10.8. The lowest BCUT2D eigenvalue weighted by Crippen LogP contribution is -2.35. The van der Waals surface area contributed by atoms with Gasteiger partial charge in [-0.2, -0.15) is 0 Å². The SMILES string of the molecule is CN=C(NCC1CCN(C)C1)Nc1cccc(OCCCOC)c1. The van der Waals surface area contributed by atoms with Crippen LogP contribution in [0.4, 0.5) is 5.69 Å². The van der Waals surface area contributed by atoms with Gasteiger partial charge in [-0.15, -0.1) is 0 Å². The molecule has 1 fully saturated rings. The predicted molar refractivity (Wildman–Crippen MR) is 99.0 cm³/mol. The summed E-state index contributed by atoms with van der Waals surface area (Å²) in [5.74, 6) is 2.33. The van der Waals surface area contributed by atoms with Crippen LogP contribution in [-0.4, -0.2) is 64.9 Å². The van der Waals surface area contributed by atoms with Crippen LogP contribution in [0.15, 0.2) is 29.3 Å². The molecule has 134 valence electrons. The second-order valence-electron chi connectivity index (χ2n) is 6.22. The number of guanidine groups is 1. The Kier molecular flexibility index (Phi) is 7.85. The summed E-state index contributed by atoms with van der Waals surface area (Å²) in [6, 6.07) is 7.94. The van der Waals surface area contributed by atoms with E-state index in [-0.39, 0.29) is 0 Å². The molecule has 1 aliphatic heterocycles. The van der Waals surface area contributed by atoms with E-state index in [1.807, 2.05) is 24.3 Å². The Balaban J connectivity index is 1.79. The van der Waals surface area contributed by atoms with E-state index in [1.165, 1.54) is 13.0 Å². The number of nitrogens with zero attached hydrogens (tertiary/aromatic N) is 2. The van der Waals surface area contributed by atoms with Crippen molar-refractivity contribution >= 4 is 11.6 Å². The summed E-state index contributed by atoms with van der Waals surface area (Å²) in [5, 5.41) is 6.74. The number of hydrogen-bond donors (Lipinski definition) is 2. The first-order chi connectivity index (χ1) is 11.7. The molecule has 1 unspecified atom stereocenters. The molecule has 1 atom stereocenters. The van der Waals surface area contributed by atoms with Crippen LogP contribution in [-0.2, 0) is 4.74 Å². The van der Waals surface area contributed by atoms with Gasteiger partial charge in [-0.05, 0) is 38.1 Å². The van der Waals surface area contributed by atoms with E-state index < -0.39 is 0 Å². The third-order valence-corrected chi connectivity index (χ3v) is 4.13. The maximum absolute atomic E-state index is 5.73. The Labute approximate surface area is 145 Å². The first kappa shape index (κ1) is 18.5. The van der Waals surface area contributed by atoms with Crippen LogP contribution in [0.5, 0.6) is 5.75 Å². The molecule has 0 saturated carbocycles. The highest BCUT2D eigenvalue weighted by atomic mass is 16.5. The van der Waals surface area contributed by atoms with Crippen LogP contribution in [0.2, 0.25) is 0 Å². The van der Waals surface area contributed by atoms with Gasteiger partial charge in [0.15, 0.2) is 5.96 Å². The Morgan fingerprint density at radius 3 is 2.96 bits per heavy atom. The van der Waals surface area contributed by atoms with Crippen LogP contribution in [0.3, 0.4) is 0 Å². The number of ether oxygens (including phenoxy) is 2. The summed E-state index contributed by atoms with van der Waals surface area (Å²) in [6.45, 7) is 4.64. The number of aliphatic imine (C=N–C) groups is 1. The van der Waals surface area contributed by atoms with Crippen molar-refractivity contribution in [2.75, 3.05) is 59.4 Å². The molecular weight excluding hydrogens is 304 g/mol. The Morgan fingerprint density at radius 1 is 1.38 bits per heavy atom. The molecule has 2 N–H and O–H groups in total. The molecule has 1 heterocycles. The van der Waals surface area contributed by atoms with Crippen LogP contribution in [0.25, 0.3) is 0 Å². The molecular formula is C18H30N4O2. The summed E-state index contributed by atoms with van der Waals surface area (Å²) in [5.41, 5.74) is 0.968. The van der Waals surface area contributed by atoms with Gasteiger partial charge in [-0.25, -0.2) is 0 Å². The number of anilines is 1. The van der Waals surface area contributed by atoms with E-state index in [4.69, 9.17) is 9.47 Å². The van der Waals surface area contributed by atoms with Crippen LogP contribution >= 0.6 is 0 Å². The second kappa shape index (κ2) is 10.2. The second-order valence-corrected chi connectivity index (χ2v) is 6.22. The molecule has 1 aromatic carbocycles. The molecule has 0 radical (unpaired) electrons. The minimum Gasteiger partial charge on any atom is -0.493 e. The highest BCUT2D eigenvalue weighted by Crippen LogP contribution is 2.18. The highest BCUT2D eigenvalue weighted by molar-refractivity contribution is 5.93. The molecule has 0 aliphatic carbocycles. The summed E-state index contributed by atoms with van der Waals surface area (Å²) in [6.07, 6.45) is 2.12. The van der Waals surface area contributed by atoms with E-state index in [9.17, 15) is 0 Å². The van der Waals surface area contributed by atoms with Gasteiger partial charge in [0, 0.05) is 52.0 Å². The van der Waals surface area contributed by atoms with Gasteiger partial charge < -0.3 is 25.0 Å². The lowest BCUT2D eigenvalue weighted by atomic mass is 10.1. The summed E-state index contributed by atoms with van der Waals surface area (Å²) >= 11 is 0. The van der Waals surface area contributed by atoms with Gasteiger partial charge in [0.05, 0.1) is 6.61 Å². The van der Waals surface area contributed by atoms with Gasteiger partial charge in [-0.3, -0.25) is 4.99 Å². The maximum Gasteiger partial charge on any atom is 0.195 e. The number of benzene rings is 1. The zero-order valence-corrected chi connectivity index (χ0v) is 15.0. The number of hydrogen-bond acceptors (Lipinski definition) is 4. The molecule has 0 amide bonds. The van der Waals surface area contributed by atoms with Crippen molar-refractivity contribution in [1.29, 1.82) is 0 Å². The Bertz CT molecular complexity index is 521. The smallest absolute Gasteiger partial charge is 0.195 e. The molecule has 2 rings (SSSR count). The first-order valence-electron chi connectivity index (χ1n) is 8.59. The zero-order valence-electron chi connectivity index (χ0n) is 15.0. The minimum atomic E-state index is 0.652. The van der Waals surface area contributed by atoms with E-state index in [2.05, 4.69) is 27.6 Å². The van der Waals surface area contributed by atoms with Crippen molar-refractivity contribution in [2.24, 2.45) is 10.9 Å². The van der Waals surface area contributed by atoms with Crippen molar-refractivity contribution in [3.05, 3.63) is 24.3 Å². The average Bonchev–Trinajstić information content (AvgIpc) is 3.01. The van der Waals surface area contributed by atoms with Gasteiger partial charge in [0.2, 0.25) is 0 Å². The van der Waals surface area contributed by atoms with Gasteiger partial charge in [0.25, 0.3) is 0 Å². The van der Waals surface area contributed by atoms with Crippen molar-refractivity contribution in [1.82, 2.24) is 10.2 Å². The fourth-order valence-electron chi connectivity index (χ4n) is 2.81. The quantitative estimate of drug-likeness (QED) is 0.433. The fourth-order valence-corrected chi connectivity index (χ4v) is 2.81. The van der Waals surface area contributed by atoms with Crippen molar-refractivity contribution in [2.45, 2.75) is 12.8 Å². The normalized spacial score (nSPS) is 18.6. The van der Waals surface area contributed by atoms with Gasteiger partial charge >= 0.3 is 0 Å². The van der Waals surface area contributed by atoms with Crippen molar-refractivity contribution in [3.63, 3.8) is 0 Å². The molecule has 0 spiro atoms. The number of rotatable bonds is 8. The maximum atomic E-state index is 5.73. The van der Waals surface area contributed by atoms with E-state index >= 15 is 0 Å². The average molecular weight is 334 g/mol. The molecule has 24 heavy (non-hydrogen) atoms. The lowest BCUT2D eigenvalue weighted by molar-refractivity contribution is 0.172. The molecule has 0 aromatic heterocycles. The molecule has 6 nitrogen and oxygen atoms in total. The Hall–Kier alpha value is -1.79. The third kappa shape index (κ3) is 6.37. The van der Waals surface area contributed by atoms with E-state index in [0.29, 0.717) is 19.1 Å². The molecule has 0 bridgehead atoms. The fraction of sp³-hybridized carbons (Fsp3) is 0.611. The lowest BCUT2D eigenvalue weighted by Gasteiger charge is -2.16. The summed E-state index contributed by atoms with van der Waals surface area (Å²) in [4.78, 5) is 6.67. The molecule has 1 aromatic rings. The minimum absolute atomic E-state index is 0.652. The first-order valence-corrected chi connectivity index (χ1v) is 8.59. The highest BCUT2D eigenvalue weighted by Gasteiger charge is 2.19. The van der Waals surface area contributed by atoms with E-state index in [1.54, 1.807) is 14.2 Å². The van der Waals surface area contributed by atoms with Gasteiger partial charge in [0.1, 0.15) is 5.75 Å². The van der Waals surface area contributed by atoms with Crippen LogP contribution in [0.1, 0.15) is 12.8 Å². The number of nitrogens with one attached hydrogen (secondary N) is 2. The predicted octanol–water partition coefficient (Wildman–Crippen LogP) is 2.04. The standard InChI is InChI=1S/C18H30N4O2/c1-19-18(20-13-15-8-9-22(2)14-15)21-16-6-4-7-17(12-16)24-11-5-10-23-3/h4,6-7,12,15H,5,8-11,13-14H2,1-3H3,(H2,19,20,21). The topological polar surface area (TPSA) is 58.1 Å². The molecule has 6 heteroatoms. The van der Waals surface area contributed by atoms with E-state index in [0.717, 1.165) is 36.9 Å². The van der Waals surface area contributed by atoms with Crippen molar-refractivity contribution in [3.8, 4) is 5.75 Å². The monoisotopic (exact) mass is 334 g/mol.